The van der Waals surface area contributed by atoms with Crippen molar-refractivity contribution in [2.24, 2.45) is 0 Å². The fraction of sp³-hybridized carbons (Fsp3) is 0.188. The Hall–Kier alpha value is -2.49. The molecular weight excluding hydrogens is 254 g/mol. The summed E-state index contributed by atoms with van der Waals surface area (Å²) in [7, 11) is 3.41. The highest BCUT2D eigenvalue weighted by atomic mass is 16.5. The van der Waals surface area contributed by atoms with Crippen LogP contribution in [0.25, 0.3) is 0 Å². The van der Waals surface area contributed by atoms with Gasteiger partial charge < -0.3 is 14.7 Å². The van der Waals surface area contributed by atoms with E-state index in [-0.39, 0.29) is 5.56 Å². The molecule has 0 atom stereocenters. The molecular formula is C16H17NO3. The Morgan fingerprint density at radius 3 is 2.45 bits per heavy atom. The van der Waals surface area contributed by atoms with Gasteiger partial charge in [0.2, 0.25) is 0 Å². The van der Waals surface area contributed by atoms with E-state index in [0.29, 0.717) is 11.4 Å². The number of rotatable bonds is 4. The molecule has 0 aromatic heterocycles. The van der Waals surface area contributed by atoms with Crippen LogP contribution in [0.1, 0.15) is 15.9 Å². The Balaban J connectivity index is 2.55. The normalized spacial score (nSPS) is 10.2. The molecule has 0 aliphatic rings. The van der Waals surface area contributed by atoms with E-state index in [1.165, 1.54) is 0 Å². The average Bonchev–Trinajstić information content (AvgIpc) is 2.46. The molecule has 2 aromatic rings. The maximum Gasteiger partial charge on any atom is 0.337 e. The van der Waals surface area contributed by atoms with Crippen LogP contribution < -0.4 is 9.64 Å². The van der Waals surface area contributed by atoms with E-state index >= 15 is 0 Å². The smallest absolute Gasteiger partial charge is 0.337 e. The van der Waals surface area contributed by atoms with Crippen molar-refractivity contribution in [1.29, 1.82) is 0 Å². The molecule has 0 unspecified atom stereocenters. The van der Waals surface area contributed by atoms with Gasteiger partial charge in [-0.2, -0.15) is 0 Å². The first-order chi connectivity index (χ1) is 9.54. The molecule has 0 aliphatic carbocycles. The molecule has 0 heterocycles. The zero-order valence-corrected chi connectivity index (χ0v) is 11.8. The number of hydrogen-bond donors (Lipinski definition) is 1. The van der Waals surface area contributed by atoms with Crippen molar-refractivity contribution in [2.75, 3.05) is 19.1 Å². The summed E-state index contributed by atoms with van der Waals surface area (Å²) in [6.45, 7) is 1.99. The van der Waals surface area contributed by atoms with E-state index in [1.807, 2.05) is 43.1 Å². The second-order valence-electron chi connectivity index (χ2n) is 4.53. The third-order valence-corrected chi connectivity index (χ3v) is 3.27. The number of benzene rings is 2. The summed E-state index contributed by atoms with van der Waals surface area (Å²) in [6.07, 6.45) is 0. The predicted octanol–water partition coefficient (Wildman–Crippen LogP) is 3.47. The van der Waals surface area contributed by atoms with Crippen molar-refractivity contribution in [3.05, 3.63) is 53.6 Å². The minimum atomic E-state index is -0.955. The lowest BCUT2D eigenvalue weighted by molar-refractivity contribution is 0.0697. The van der Waals surface area contributed by atoms with Crippen molar-refractivity contribution in [3.63, 3.8) is 0 Å². The van der Waals surface area contributed by atoms with Crippen LogP contribution in [0.15, 0.2) is 42.5 Å². The molecule has 0 radical (unpaired) electrons. The first kappa shape index (κ1) is 13.9. The number of hydrogen-bond acceptors (Lipinski definition) is 3. The highest BCUT2D eigenvalue weighted by molar-refractivity contribution is 5.96. The maximum absolute atomic E-state index is 11.4. The van der Waals surface area contributed by atoms with E-state index in [4.69, 9.17) is 4.74 Å². The molecule has 4 heteroatoms. The Labute approximate surface area is 118 Å². The minimum absolute atomic E-state index is 0.247. The molecule has 104 valence electrons. The number of carbonyl (C=O) groups is 1. The third-order valence-electron chi connectivity index (χ3n) is 3.27. The number of methoxy groups -OCH3 is 1. The van der Waals surface area contributed by atoms with E-state index in [2.05, 4.69) is 0 Å². The lowest BCUT2D eigenvalue weighted by atomic mass is 10.1. The Morgan fingerprint density at radius 2 is 1.85 bits per heavy atom. The van der Waals surface area contributed by atoms with Crippen LogP contribution in [0.2, 0.25) is 0 Å². The summed E-state index contributed by atoms with van der Waals surface area (Å²) in [4.78, 5) is 13.2. The van der Waals surface area contributed by atoms with Gasteiger partial charge in [0.1, 0.15) is 5.75 Å². The van der Waals surface area contributed by atoms with Crippen LogP contribution in [-0.4, -0.2) is 25.2 Å². The number of carboxylic acids is 1. The summed E-state index contributed by atoms with van der Waals surface area (Å²) in [6, 6.07) is 12.8. The molecule has 0 amide bonds. The highest BCUT2D eigenvalue weighted by Gasteiger charge is 2.16. The van der Waals surface area contributed by atoms with Gasteiger partial charge >= 0.3 is 5.97 Å². The number of aryl methyl sites for hydroxylation is 1. The van der Waals surface area contributed by atoms with Crippen LogP contribution in [-0.2, 0) is 0 Å². The fourth-order valence-corrected chi connectivity index (χ4v) is 2.17. The number of para-hydroxylation sites is 1. The van der Waals surface area contributed by atoms with Crippen molar-refractivity contribution >= 4 is 17.3 Å². The summed E-state index contributed by atoms with van der Waals surface area (Å²) in [5.41, 5.74) is 2.89. The first-order valence-electron chi connectivity index (χ1n) is 6.25. The topological polar surface area (TPSA) is 49.8 Å². The zero-order valence-electron chi connectivity index (χ0n) is 11.8. The van der Waals surface area contributed by atoms with Gasteiger partial charge in [-0.05, 0) is 30.7 Å². The lowest BCUT2D eigenvalue weighted by Gasteiger charge is -2.23. The van der Waals surface area contributed by atoms with E-state index in [9.17, 15) is 9.90 Å². The van der Waals surface area contributed by atoms with E-state index < -0.39 is 5.97 Å². The van der Waals surface area contributed by atoms with Crippen LogP contribution in [0.3, 0.4) is 0 Å². The molecule has 2 rings (SSSR count). The van der Waals surface area contributed by atoms with Crippen molar-refractivity contribution in [1.82, 2.24) is 0 Å². The number of nitrogens with zero attached hydrogens (tertiary/aromatic N) is 1. The first-order valence-corrected chi connectivity index (χ1v) is 6.25. The Bertz CT molecular complexity index is 637. The third kappa shape index (κ3) is 2.59. The summed E-state index contributed by atoms with van der Waals surface area (Å²) >= 11 is 0. The van der Waals surface area contributed by atoms with Crippen molar-refractivity contribution < 1.29 is 14.6 Å². The van der Waals surface area contributed by atoms with Crippen LogP contribution in [0.4, 0.5) is 11.4 Å². The lowest BCUT2D eigenvalue weighted by Crippen LogP contribution is -2.15. The van der Waals surface area contributed by atoms with Crippen LogP contribution in [0.5, 0.6) is 5.75 Å². The number of anilines is 2. The number of aromatic carboxylic acids is 1. The standard InChI is InChI=1S/C16H17NO3/c1-11-6-4-5-7-14(11)17(2)15-10-12(20-3)8-9-13(15)16(18)19/h4-10H,1-3H3,(H,18,19). The predicted molar refractivity (Wildman–Crippen MR) is 79.2 cm³/mol. The molecule has 1 N–H and O–H groups in total. The second-order valence-corrected chi connectivity index (χ2v) is 4.53. The fourth-order valence-electron chi connectivity index (χ4n) is 2.17. The second kappa shape index (κ2) is 5.65. The van der Waals surface area contributed by atoms with Crippen molar-refractivity contribution in [2.45, 2.75) is 6.92 Å². The molecule has 2 aromatic carbocycles. The molecule has 0 saturated heterocycles. The monoisotopic (exact) mass is 271 g/mol. The van der Waals surface area contributed by atoms with Crippen LogP contribution >= 0.6 is 0 Å². The molecule has 20 heavy (non-hydrogen) atoms. The average molecular weight is 271 g/mol. The molecule has 0 saturated carbocycles. The summed E-state index contributed by atoms with van der Waals surface area (Å²) in [5.74, 6) is -0.325. The van der Waals surface area contributed by atoms with Gasteiger partial charge in [-0.25, -0.2) is 4.79 Å². The quantitative estimate of drug-likeness (QED) is 0.925. The largest absolute Gasteiger partial charge is 0.497 e. The highest BCUT2D eigenvalue weighted by Crippen LogP contribution is 2.32. The molecule has 0 fully saturated rings. The van der Waals surface area contributed by atoms with Gasteiger partial charge in [0.15, 0.2) is 0 Å². The zero-order chi connectivity index (χ0) is 14.7. The SMILES string of the molecule is COc1ccc(C(=O)O)c(N(C)c2ccccc2C)c1. The summed E-state index contributed by atoms with van der Waals surface area (Å²) < 4.78 is 5.19. The minimum Gasteiger partial charge on any atom is -0.497 e. The molecule has 4 nitrogen and oxygen atoms in total. The van der Waals surface area contributed by atoms with Gasteiger partial charge in [0, 0.05) is 18.8 Å². The van der Waals surface area contributed by atoms with E-state index in [0.717, 1.165) is 11.3 Å². The Kier molecular flexibility index (Phi) is 3.94. The van der Waals surface area contributed by atoms with Gasteiger partial charge in [-0.3, -0.25) is 0 Å². The van der Waals surface area contributed by atoms with Crippen molar-refractivity contribution in [3.8, 4) is 5.75 Å². The van der Waals surface area contributed by atoms with Gasteiger partial charge in [-0.1, -0.05) is 18.2 Å². The molecule has 0 spiro atoms. The van der Waals surface area contributed by atoms with Gasteiger partial charge in [0.05, 0.1) is 18.4 Å². The van der Waals surface area contributed by atoms with Gasteiger partial charge in [0.25, 0.3) is 0 Å². The van der Waals surface area contributed by atoms with Gasteiger partial charge in [-0.15, -0.1) is 0 Å². The maximum atomic E-state index is 11.4. The summed E-state index contributed by atoms with van der Waals surface area (Å²) in [5, 5.41) is 9.33. The number of ether oxygens (including phenoxy) is 1. The number of carboxylic acid groups (broad SMARTS) is 1. The van der Waals surface area contributed by atoms with E-state index in [1.54, 1.807) is 25.3 Å². The molecule has 0 aliphatic heterocycles. The van der Waals surface area contributed by atoms with Crippen LogP contribution in [0, 0.1) is 6.92 Å². The Morgan fingerprint density at radius 1 is 1.15 bits per heavy atom. The molecule has 0 bridgehead atoms.